The lowest BCUT2D eigenvalue weighted by Gasteiger charge is -2.09. The molecular formula is C16H12BrN3O2S. The molecule has 5 nitrogen and oxygen atoms in total. The molecule has 0 aliphatic heterocycles. The molecule has 7 heteroatoms. The molecule has 0 atom stereocenters. The lowest BCUT2D eigenvalue weighted by Crippen LogP contribution is -2.20. The first-order valence-electron chi connectivity index (χ1n) is 6.76. The van der Waals surface area contributed by atoms with Crippen LogP contribution in [0.3, 0.4) is 0 Å². The molecule has 23 heavy (non-hydrogen) atoms. The lowest BCUT2D eigenvalue weighted by atomic mass is 10.1. The molecule has 0 spiro atoms. The van der Waals surface area contributed by atoms with E-state index in [1.54, 1.807) is 5.51 Å². The summed E-state index contributed by atoms with van der Waals surface area (Å²) >= 11 is 4.73. The number of carbonyl (C=O) groups excluding carboxylic acids is 1. The number of anilines is 1. The molecule has 0 unspecified atom stereocenters. The zero-order valence-corrected chi connectivity index (χ0v) is 14.3. The number of ether oxygens (including phenoxy) is 1. The maximum absolute atomic E-state index is 11.8. The van der Waals surface area contributed by atoms with Crippen molar-refractivity contribution in [3.8, 4) is 16.9 Å². The molecule has 1 N–H and O–H groups in total. The minimum Gasteiger partial charge on any atom is -0.483 e. The van der Waals surface area contributed by atoms with Gasteiger partial charge in [0.15, 0.2) is 6.61 Å². The summed E-state index contributed by atoms with van der Waals surface area (Å²) in [6.45, 7) is -0.0944. The molecule has 0 bridgehead atoms. The number of amides is 1. The van der Waals surface area contributed by atoms with Crippen molar-refractivity contribution in [2.75, 3.05) is 11.9 Å². The van der Waals surface area contributed by atoms with Gasteiger partial charge in [-0.25, -0.2) is 0 Å². The number of benzene rings is 2. The van der Waals surface area contributed by atoms with Gasteiger partial charge in [-0.3, -0.25) is 10.1 Å². The maximum atomic E-state index is 11.8. The van der Waals surface area contributed by atoms with Crippen molar-refractivity contribution in [2.24, 2.45) is 0 Å². The third-order valence-electron chi connectivity index (χ3n) is 3.00. The van der Waals surface area contributed by atoms with E-state index in [0.29, 0.717) is 10.9 Å². The fourth-order valence-corrected chi connectivity index (χ4v) is 2.91. The minimum atomic E-state index is -0.277. The van der Waals surface area contributed by atoms with Gasteiger partial charge in [-0.05, 0) is 39.2 Å². The Kier molecular flexibility index (Phi) is 4.99. The fourth-order valence-electron chi connectivity index (χ4n) is 1.95. The van der Waals surface area contributed by atoms with Gasteiger partial charge in [-0.15, -0.1) is 10.2 Å². The van der Waals surface area contributed by atoms with Crippen LogP contribution in [-0.2, 0) is 4.79 Å². The van der Waals surface area contributed by atoms with Crippen LogP contribution in [0.1, 0.15) is 0 Å². The molecule has 1 amide bonds. The summed E-state index contributed by atoms with van der Waals surface area (Å²) in [5.41, 5.74) is 3.74. The number of carbonyl (C=O) groups is 1. The predicted molar refractivity (Wildman–Crippen MR) is 93.6 cm³/mol. The van der Waals surface area contributed by atoms with E-state index in [-0.39, 0.29) is 12.5 Å². The van der Waals surface area contributed by atoms with E-state index in [1.165, 1.54) is 11.3 Å². The Morgan fingerprint density at radius 1 is 1.17 bits per heavy atom. The van der Waals surface area contributed by atoms with Crippen LogP contribution in [0.4, 0.5) is 5.13 Å². The summed E-state index contributed by atoms with van der Waals surface area (Å²) in [7, 11) is 0. The smallest absolute Gasteiger partial charge is 0.264 e. The van der Waals surface area contributed by atoms with Crippen molar-refractivity contribution in [3.05, 3.63) is 58.5 Å². The van der Waals surface area contributed by atoms with Crippen molar-refractivity contribution < 1.29 is 9.53 Å². The highest BCUT2D eigenvalue weighted by molar-refractivity contribution is 9.10. The van der Waals surface area contributed by atoms with Gasteiger partial charge < -0.3 is 4.74 Å². The quantitative estimate of drug-likeness (QED) is 0.716. The molecule has 0 radical (unpaired) electrons. The molecule has 0 aliphatic carbocycles. The van der Waals surface area contributed by atoms with E-state index in [4.69, 9.17) is 4.74 Å². The number of halogens is 1. The summed E-state index contributed by atoms with van der Waals surface area (Å²) in [6.07, 6.45) is 0. The molecule has 0 aliphatic rings. The van der Waals surface area contributed by atoms with Gasteiger partial charge in [0.25, 0.3) is 5.91 Å². The normalized spacial score (nSPS) is 10.3. The van der Waals surface area contributed by atoms with Crippen molar-refractivity contribution in [3.63, 3.8) is 0 Å². The highest BCUT2D eigenvalue weighted by Gasteiger charge is 2.09. The van der Waals surface area contributed by atoms with Crippen molar-refractivity contribution in [1.82, 2.24) is 10.2 Å². The summed E-state index contributed by atoms with van der Waals surface area (Å²) in [4.78, 5) is 11.8. The number of nitrogens with zero attached hydrogens (tertiary/aromatic N) is 2. The standard InChI is InChI=1S/C16H12BrN3O2S/c17-13-8-12(11-4-2-1-3-5-11)6-7-14(13)22-9-15(21)19-16-20-18-10-23-16/h1-8,10H,9H2,(H,19,20,21). The highest BCUT2D eigenvalue weighted by atomic mass is 79.9. The zero-order chi connectivity index (χ0) is 16.1. The zero-order valence-electron chi connectivity index (χ0n) is 11.9. The average molecular weight is 390 g/mol. The molecule has 1 aromatic heterocycles. The maximum Gasteiger partial charge on any atom is 0.264 e. The van der Waals surface area contributed by atoms with Gasteiger partial charge in [-0.1, -0.05) is 47.7 Å². The lowest BCUT2D eigenvalue weighted by molar-refractivity contribution is -0.118. The van der Waals surface area contributed by atoms with Crippen LogP contribution < -0.4 is 10.1 Å². The van der Waals surface area contributed by atoms with E-state index in [9.17, 15) is 4.79 Å². The van der Waals surface area contributed by atoms with Crippen molar-refractivity contribution in [2.45, 2.75) is 0 Å². The number of rotatable bonds is 5. The Hall–Kier alpha value is -2.25. The van der Waals surface area contributed by atoms with Crippen LogP contribution in [0.15, 0.2) is 58.5 Å². The van der Waals surface area contributed by atoms with Crippen LogP contribution in [0.25, 0.3) is 11.1 Å². The Morgan fingerprint density at radius 3 is 2.70 bits per heavy atom. The Balaban J connectivity index is 1.63. The molecular weight excluding hydrogens is 378 g/mol. The second-order valence-corrected chi connectivity index (χ2v) is 6.28. The molecule has 3 rings (SSSR count). The van der Waals surface area contributed by atoms with Gasteiger partial charge >= 0.3 is 0 Å². The summed E-state index contributed by atoms with van der Waals surface area (Å²) in [5, 5.41) is 10.5. The Morgan fingerprint density at radius 2 is 2.00 bits per heavy atom. The second-order valence-electron chi connectivity index (χ2n) is 4.59. The van der Waals surface area contributed by atoms with Gasteiger partial charge in [0.1, 0.15) is 11.3 Å². The number of aromatic nitrogens is 2. The second kappa shape index (κ2) is 7.34. The van der Waals surface area contributed by atoms with E-state index in [2.05, 4.69) is 31.4 Å². The van der Waals surface area contributed by atoms with E-state index in [1.807, 2.05) is 48.5 Å². The fraction of sp³-hybridized carbons (Fsp3) is 0.0625. The van der Waals surface area contributed by atoms with Gasteiger partial charge in [0, 0.05) is 0 Å². The molecule has 1 heterocycles. The first-order valence-corrected chi connectivity index (χ1v) is 8.43. The van der Waals surface area contributed by atoms with Crippen LogP contribution in [-0.4, -0.2) is 22.7 Å². The van der Waals surface area contributed by atoms with Crippen molar-refractivity contribution in [1.29, 1.82) is 0 Å². The molecule has 0 fully saturated rings. The van der Waals surface area contributed by atoms with Crippen LogP contribution in [0, 0.1) is 0 Å². The minimum absolute atomic E-state index is 0.0944. The predicted octanol–water partition coefficient (Wildman–Crippen LogP) is 3.99. The Bertz CT molecular complexity index is 794. The number of hydrogen-bond donors (Lipinski definition) is 1. The van der Waals surface area contributed by atoms with Gasteiger partial charge in [0.2, 0.25) is 5.13 Å². The highest BCUT2D eigenvalue weighted by Crippen LogP contribution is 2.30. The summed E-state index contributed by atoms with van der Waals surface area (Å²) in [5.74, 6) is 0.331. The largest absolute Gasteiger partial charge is 0.483 e. The number of hydrogen-bond acceptors (Lipinski definition) is 5. The van der Waals surface area contributed by atoms with Gasteiger partial charge in [-0.2, -0.15) is 0 Å². The third kappa shape index (κ3) is 4.14. The van der Waals surface area contributed by atoms with Gasteiger partial charge in [0.05, 0.1) is 4.47 Å². The topological polar surface area (TPSA) is 64.1 Å². The van der Waals surface area contributed by atoms with Crippen LogP contribution in [0.2, 0.25) is 0 Å². The SMILES string of the molecule is O=C(COc1ccc(-c2ccccc2)cc1Br)Nc1nncs1. The molecule has 0 saturated heterocycles. The van der Waals surface area contributed by atoms with Crippen molar-refractivity contribution >= 4 is 38.3 Å². The van der Waals surface area contributed by atoms with Crippen LogP contribution in [0.5, 0.6) is 5.75 Å². The molecule has 116 valence electrons. The first-order chi connectivity index (χ1) is 11.2. The molecule has 3 aromatic rings. The Labute approximate surface area is 145 Å². The number of nitrogens with one attached hydrogen (secondary N) is 1. The molecule has 0 saturated carbocycles. The van der Waals surface area contributed by atoms with E-state index >= 15 is 0 Å². The summed E-state index contributed by atoms with van der Waals surface area (Å²) < 4.78 is 6.33. The van der Waals surface area contributed by atoms with E-state index < -0.39 is 0 Å². The molecule has 2 aromatic carbocycles. The van der Waals surface area contributed by atoms with Crippen LogP contribution >= 0.6 is 27.3 Å². The first kappa shape index (κ1) is 15.6. The summed E-state index contributed by atoms with van der Waals surface area (Å²) in [6, 6.07) is 15.8. The van der Waals surface area contributed by atoms with E-state index in [0.717, 1.165) is 15.6 Å². The average Bonchev–Trinajstić information content (AvgIpc) is 3.07. The monoisotopic (exact) mass is 389 g/mol. The third-order valence-corrected chi connectivity index (χ3v) is 4.23.